The lowest BCUT2D eigenvalue weighted by molar-refractivity contribution is 0.0677. The molecule has 1 fully saturated rings. The van der Waals surface area contributed by atoms with Crippen molar-refractivity contribution in [3.63, 3.8) is 0 Å². The summed E-state index contributed by atoms with van der Waals surface area (Å²) in [5.41, 5.74) is 6.06. The SMILES string of the molecule is NC(=O)NC1CCN(C(=O)c2ccc(-c3nc4ccccc4s3)o2)CC1. The number of thiazole rings is 1. The molecule has 2 aromatic heterocycles. The fourth-order valence-electron chi connectivity index (χ4n) is 3.13. The summed E-state index contributed by atoms with van der Waals surface area (Å²) < 4.78 is 6.85. The molecule has 0 radical (unpaired) electrons. The summed E-state index contributed by atoms with van der Waals surface area (Å²) in [4.78, 5) is 29.9. The highest BCUT2D eigenvalue weighted by molar-refractivity contribution is 7.21. The van der Waals surface area contributed by atoms with Gasteiger partial charge in [0.15, 0.2) is 16.5 Å². The fraction of sp³-hybridized carbons (Fsp3) is 0.278. The Bertz CT molecular complexity index is 923. The molecule has 1 saturated heterocycles. The molecule has 7 nitrogen and oxygen atoms in total. The third-order valence-electron chi connectivity index (χ3n) is 4.45. The first-order valence-corrected chi connectivity index (χ1v) is 9.23. The lowest BCUT2D eigenvalue weighted by Crippen LogP contribution is -2.47. The normalized spacial score (nSPS) is 15.3. The van der Waals surface area contributed by atoms with Gasteiger partial charge in [-0.3, -0.25) is 4.79 Å². The van der Waals surface area contributed by atoms with Crippen LogP contribution in [0, 0.1) is 0 Å². The largest absolute Gasteiger partial charge is 0.448 e. The van der Waals surface area contributed by atoms with Crippen LogP contribution in [0.4, 0.5) is 4.79 Å². The summed E-state index contributed by atoms with van der Waals surface area (Å²) in [6.07, 6.45) is 1.36. The lowest BCUT2D eigenvalue weighted by atomic mass is 10.1. The van der Waals surface area contributed by atoms with Crippen LogP contribution in [0.25, 0.3) is 21.0 Å². The van der Waals surface area contributed by atoms with E-state index in [9.17, 15) is 9.59 Å². The van der Waals surface area contributed by atoms with Gasteiger partial charge in [-0.25, -0.2) is 9.78 Å². The first-order chi connectivity index (χ1) is 12.6. The Kier molecular flexibility index (Phi) is 4.34. The number of carbonyl (C=O) groups is 2. The molecule has 0 bridgehead atoms. The molecule has 3 heterocycles. The quantitative estimate of drug-likeness (QED) is 0.740. The molecule has 134 valence electrons. The molecule has 0 saturated carbocycles. The standard InChI is InChI=1S/C18H18N4O3S/c19-18(24)20-11-7-9-22(10-8-11)17(23)14-6-5-13(25-14)16-21-12-3-1-2-4-15(12)26-16/h1-6,11H,7-10H2,(H3,19,20,24). The summed E-state index contributed by atoms with van der Waals surface area (Å²) in [7, 11) is 0. The van der Waals surface area contributed by atoms with Crippen molar-refractivity contribution in [1.82, 2.24) is 15.2 Å². The van der Waals surface area contributed by atoms with Gasteiger partial charge in [-0.1, -0.05) is 12.1 Å². The zero-order valence-electron chi connectivity index (χ0n) is 14.0. The number of hydrogen-bond acceptors (Lipinski definition) is 5. The van der Waals surface area contributed by atoms with Crippen LogP contribution in [0.5, 0.6) is 0 Å². The number of primary amides is 1. The second kappa shape index (κ2) is 6.80. The van der Waals surface area contributed by atoms with Crippen LogP contribution in [-0.4, -0.2) is 41.0 Å². The number of fused-ring (bicyclic) bond motifs is 1. The minimum atomic E-state index is -0.527. The van der Waals surface area contributed by atoms with Crippen molar-refractivity contribution in [2.45, 2.75) is 18.9 Å². The van der Waals surface area contributed by atoms with Crippen molar-refractivity contribution in [3.05, 3.63) is 42.2 Å². The molecule has 8 heteroatoms. The topological polar surface area (TPSA) is 101 Å². The zero-order chi connectivity index (χ0) is 18.1. The van der Waals surface area contributed by atoms with Crippen molar-refractivity contribution in [2.24, 2.45) is 5.73 Å². The van der Waals surface area contributed by atoms with E-state index >= 15 is 0 Å². The maximum Gasteiger partial charge on any atom is 0.312 e. The van der Waals surface area contributed by atoms with Gasteiger partial charge in [-0.05, 0) is 37.1 Å². The number of rotatable bonds is 3. The van der Waals surface area contributed by atoms with E-state index in [4.69, 9.17) is 10.2 Å². The van der Waals surface area contributed by atoms with E-state index in [-0.39, 0.29) is 11.9 Å². The molecule has 0 unspecified atom stereocenters. The average Bonchev–Trinajstić information content (AvgIpc) is 3.28. The number of furan rings is 1. The van der Waals surface area contributed by atoms with Crippen molar-refractivity contribution in [2.75, 3.05) is 13.1 Å². The molecule has 4 rings (SSSR count). The van der Waals surface area contributed by atoms with Gasteiger partial charge in [0.2, 0.25) is 0 Å². The molecule has 26 heavy (non-hydrogen) atoms. The average molecular weight is 370 g/mol. The maximum absolute atomic E-state index is 12.6. The smallest absolute Gasteiger partial charge is 0.312 e. The van der Waals surface area contributed by atoms with E-state index in [0.29, 0.717) is 37.5 Å². The van der Waals surface area contributed by atoms with Gasteiger partial charge in [0.25, 0.3) is 5.91 Å². The monoisotopic (exact) mass is 370 g/mol. The number of carbonyl (C=O) groups excluding carboxylic acids is 2. The van der Waals surface area contributed by atoms with E-state index in [2.05, 4.69) is 10.3 Å². The number of para-hydroxylation sites is 1. The zero-order valence-corrected chi connectivity index (χ0v) is 14.8. The number of urea groups is 1. The van der Waals surface area contributed by atoms with Crippen LogP contribution in [-0.2, 0) is 0 Å². The highest BCUT2D eigenvalue weighted by Gasteiger charge is 2.26. The van der Waals surface area contributed by atoms with Crippen LogP contribution in [0.3, 0.4) is 0 Å². The highest BCUT2D eigenvalue weighted by Crippen LogP contribution is 2.31. The maximum atomic E-state index is 12.6. The van der Waals surface area contributed by atoms with E-state index in [1.54, 1.807) is 17.0 Å². The number of nitrogens with two attached hydrogens (primary N) is 1. The summed E-state index contributed by atoms with van der Waals surface area (Å²) in [5.74, 6) is 0.760. The van der Waals surface area contributed by atoms with E-state index < -0.39 is 6.03 Å². The Morgan fingerprint density at radius 2 is 1.96 bits per heavy atom. The van der Waals surface area contributed by atoms with Gasteiger partial charge in [-0.2, -0.15) is 0 Å². The molecule has 3 amide bonds. The van der Waals surface area contributed by atoms with Gasteiger partial charge >= 0.3 is 6.03 Å². The minimum absolute atomic E-state index is 0.0199. The Labute approximate surface area is 153 Å². The number of benzene rings is 1. The molecular formula is C18H18N4O3S. The number of likely N-dealkylation sites (tertiary alicyclic amines) is 1. The van der Waals surface area contributed by atoms with E-state index in [1.807, 2.05) is 24.3 Å². The van der Waals surface area contributed by atoms with Crippen molar-refractivity contribution in [3.8, 4) is 10.8 Å². The molecule has 1 aromatic carbocycles. The highest BCUT2D eigenvalue weighted by atomic mass is 32.1. The predicted octanol–water partition coefficient (Wildman–Crippen LogP) is 2.83. The van der Waals surface area contributed by atoms with Crippen LogP contribution in [0.2, 0.25) is 0 Å². The molecule has 0 atom stereocenters. The van der Waals surface area contributed by atoms with Crippen LogP contribution in [0.15, 0.2) is 40.8 Å². The Hall–Kier alpha value is -2.87. The number of piperidine rings is 1. The van der Waals surface area contributed by atoms with Crippen molar-refractivity contribution in [1.29, 1.82) is 0 Å². The Morgan fingerprint density at radius 1 is 1.19 bits per heavy atom. The minimum Gasteiger partial charge on any atom is -0.448 e. The predicted molar refractivity (Wildman–Crippen MR) is 99.0 cm³/mol. The number of aromatic nitrogens is 1. The molecule has 0 aliphatic carbocycles. The van der Waals surface area contributed by atoms with Gasteiger partial charge in [0, 0.05) is 19.1 Å². The second-order valence-electron chi connectivity index (χ2n) is 6.23. The fourth-order valence-corrected chi connectivity index (χ4v) is 4.06. The van der Waals surface area contributed by atoms with Gasteiger partial charge in [0.1, 0.15) is 0 Å². The number of nitrogens with zero attached hydrogens (tertiary/aromatic N) is 2. The van der Waals surface area contributed by atoms with Crippen LogP contribution >= 0.6 is 11.3 Å². The molecule has 1 aliphatic rings. The Balaban J connectivity index is 1.46. The molecule has 0 spiro atoms. The molecule has 3 N–H and O–H groups in total. The first kappa shape index (κ1) is 16.6. The van der Waals surface area contributed by atoms with Gasteiger partial charge < -0.3 is 20.4 Å². The molecule has 3 aromatic rings. The Morgan fingerprint density at radius 3 is 2.69 bits per heavy atom. The summed E-state index contributed by atoms with van der Waals surface area (Å²) in [6, 6.07) is 10.8. The molecule has 1 aliphatic heterocycles. The summed E-state index contributed by atoms with van der Waals surface area (Å²) in [5, 5.41) is 3.45. The van der Waals surface area contributed by atoms with Gasteiger partial charge in [0.05, 0.1) is 10.2 Å². The summed E-state index contributed by atoms with van der Waals surface area (Å²) in [6.45, 7) is 1.11. The van der Waals surface area contributed by atoms with Crippen molar-refractivity contribution < 1.29 is 14.0 Å². The van der Waals surface area contributed by atoms with Crippen LogP contribution < -0.4 is 11.1 Å². The summed E-state index contributed by atoms with van der Waals surface area (Å²) >= 11 is 1.54. The second-order valence-corrected chi connectivity index (χ2v) is 7.26. The van der Waals surface area contributed by atoms with E-state index in [1.165, 1.54) is 11.3 Å². The number of nitrogens with one attached hydrogen (secondary N) is 1. The third-order valence-corrected chi connectivity index (χ3v) is 5.50. The third kappa shape index (κ3) is 3.28. The van der Waals surface area contributed by atoms with Crippen LogP contribution in [0.1, 0.15) is 23.4 Å². The number of hydrogen-bond donors (Lipinski definition) is 2. The van der Waals surface area contributed by atoms with Gasteiger partial charge in [-0.15, -0.1) is 11.3 Å². The lowest BCUT2D eigenvalue weighted by Gasteiger charge is -2.31. The van der Waals surface area contributed by atoms with E-state index in [0.717, 1.165) is 15.2 Å². The molecular weight excluding hydrogens is 352 g/mol. The van der Waals surface area contributed by atoms with Crippen molar-refractivity contribution >= 4 is 33.5 Å². The number of amides is 3. The first-order valence-electron chi connectivity index (χ1n) is 8.41.